The van der Waals surface area contributed by atoms with Crippen LogP contribution in [0.1, 0.15) is 13.8 Å². The molecule has 0 aromatic heterocycles. The van der Waals surface area contributed by atoms with Crippen LogP contribution in [0.4, 0.5) is 0 Å². The first kappa shape index (κ1) is 11.6. The van der Waals surface area contributed by atoms with Gasteiger partial charge in [0.1, 0.15) is 6.23 Å². The van der Waals surface area contributed by atoms with Crippen LogP contribution in [0, 0.1) is 0 Å². The lowest BCUT2D eigenvalue weighted by atomic mass is 10.6. The van der Waals surface area contributed by atoms with Crippen LogP contribution in [0.2, 0.25) is 0 Å². The fourth-order valence-electron chi connectivity index (χ4n) is 0. The van der Waals surface area contributed by atoms with E-state index in [1.54, 1.807) is 18.7 Å². The van der Waals surface area contributed by atoms with Crippen LogP contribution in [0.25, 0.3) is 0 Å². The molecule has 0 aliphatic heterocycles. The minimum atomic E-state index is -0.315. The lowest BCUT2D eigenvalue weighted by molar-refractivity contribution is 0.0578. The molecule has 0 fully saturated rings. The predicted octanol–water partition coefficient (Wildman–Crippen LogP) is -0.115. The van der Waals surface area contributed by atoms with Crippen molar-refractivity contribution in [2.45, 2.75) is 20.1 Å². The van der Waals surface area contributed by atoms with E-state index >= 15 is 0 Å². The third-order valence-electron chi connectivity index (χ3n) is 0.747. The van der Waals surface area contributed by atoms with Gasteiger partial charge in [0.2, 0.25) is 0 Å². The Kier molecular flexibility index (Phi) is 10.2. The van der Waals surface area contributed by atoms with E-state index in [0.29, 0.717) is 0 Å². The second-order valence-electron chi connectivity index (χ2n) is 1.91. The summed E-state index contributed by atoms with van der Waals surface area (Å²) in [6.45, 7) is 3.65. The van der Waals surface area contributed by atoms with Crippen LogP contribution in [0.15, 0.2) is 0 Å². The SMILES string of the molecule is CC(O)N(C)C.CCO. The molecule has 0 rings (SSSR count). The molecule has 0 heterocycles. The van der Waals surface area contributed by atoms with E-state index in [-0.39, 0.29) is 12.8 Å². The van der Waals surface area contributed by atoms with Gasteiger partial charge in [0, 0.05) is 6.61 Å². The summed E-state index contributed by atoms with van der Waals surface area (Å²) in [6.07, 6.45) is -0.315. The maximum atomic E-state index is 8.56. The van der Waals surface area contributed by atoms with E-state index in [2.05, 4.69) is 0 Å². The standard InChI is InChI=1S/C4H11NO.C2H6O/c1-4(6)5(2)3;1-2-3/h4,6H,1-3H3;3H,2H2,1H3. The Morgan fingerprint density at radius 2 is 1.56 bits per heavy atom. The Bertz CT molecular complexity index is 40.3. The number of hydrogen-bond acceptors (Lipinski definition) is 3. The van der Waals surface area contributed by atoms with Crippen LogP contribution in [0.5, 0.6) is 0 Å². The molecular formula is C6H17NO2. The van der Waals surface area contributed by atoms with Crippen molar-refractivity contribution in [1.29, 1.82) is 0 Å². The van der Waals surface area contributed by atoms with Gasteiger partial charge in [-0.15, -0.1) is 0 Å². The van der Waals surface area contributed by atoms with Gasteiger partial charge in [0.05, 0.1) is 0 Å². The summed E-state index contributed by atoms with van der Waals surface area (Å²) in [5.41, 5.74) is 0. The molecule has 1 unspecified atom stereocenters. The Morgan fingerprint density at radius 3 is 1.56 bits per heavy atom. The molecule has 0 amide bonds. The zero-order valence-corrected chi connectivity index (χ0v) is 6.63. The van der Waals surface area contributed by atoms with Crippen LogP contribution >= 0.6 is 0 Å². The Hall–Kier alpha value is -0.120. The highest BCUT2D eigenvalue weighted by Gasteiger charge is 1.92. The topological polar surface area (TPSA) is 43.7 Å². The van der Waals surface area contributed by atoms with Crippen LogP contribution in [-0.4, -0.2) is 42.0 Å². The van der Waals surface area contributed by atoms with Crippen LogP contribution < -0.4 is 0 Å². The molecule has 0 saturated carbocycles. The van der Waals surface area contributed by atoms with Crippen molar-refractivity contribution in [1.82, 2.24) is 4.90 Å². The summed E-state index contributed by atoms with van der Waals surface area (Å²) in [4.78, 5) is 1.72. The Morgan fingerprint density at radius 1 is 1.44 bits per heavy atom. The molecule has 1 atom stereocenters. The molecule has 0 aromatic carbocycles. The van der Waals surface area contributed by atoms with E-state index < -0.39 is 0 Å². The van der Waals surface area contributed by atoms with E-state index in [0.717, 1.165) is 0 Å². The van der Waals surface area contributed by atoms with Crippen LogP contribution in [0.3, 0.4) is 0 Å². The number of aliphatic hydroxyl groups excluding tert-OH is 2. The molecule has 3 nitrogen and oxygen atoms in total. The molecule has 0 radical (unpaired) electrons. The third-order valence-corrected chi connectivity index (χ3v) is 0.747. The quantitative estimate of drug-likeness (QED) is 0.493. The van der Waals surface area contributed by atoms with Crippen molar-refractivity contribution in [2.24, 2.45) is 0 Å². The minimum absolute atomic E-state index is 0.250. The molecule has 0 bridgehead atoms. The Balaban J connectivity index is 0. The van der Waals surface area contributed by atoms with E-state index in [1.165, 1.54) is 0 Å². The zero-order valence-electron chi connectivity index (χ0n) is 6.63. The lowest BCUT2D eigenvalue weighted by Gasteiger charge is -2.11. The average molecular weight is 135 g/mol. The summed E-state index contributed by atoms with van der Waals surface area (Å²) in [5, 5.41) is 16.1. The fraction of sp³-hybridized carbons (Fsp3) is 1.00. The summed E-state index contributed by atoms with van der Waals surface area (Å²) in [5.74, 6) is 0. The van der Waals surface area contributed by atoms with Crippen molar-refractivity contribution in [3.63, 3.8) is 0 Å². The number of aliphatic hydroxyl groups is 2. The van der Waals surface area contributed by atoms with Crippen molar-refractivity contribution in [2.75, 3.05) is 20.7 Å². The molecule has 3 heteroatoms. The molecule has 0 aliphatic rings. The van der Waals surface area contributed by atoms with Gasteiger partial charge in [-0.2, -0.15) is 0 Å². The van der Waals surface area contributed by atoms with Crippen molar-refractivity contribution in [3.8, 4) is 0 Å². The second kappa shape index (κ2) is 7.88. The largest absolute Gasteiger partial charge is 0.397 e. The van der Waals surface area contributed by atoms with E-state index in [4.69, 9.17) is 10.2 Å². The van der Waals surface area contributed by atoms with Gasteiger partial charge in [-0.25, -0.2) is 0 Å². The third kappa shape index (κ3) is 18.1. The smallest absolute Gasteiger partial charge is 0.104 e. The molecule has 2 N–H and O–H groups in total. The highest BCUT2D eigenvalue weighted by atomic mass is 16.3. The molecule has 9 heavy (non-hydrogen) atoms. The molecular weight excluding hydrogens is 118 g/mol. The van der Waals surface area contributed by atoms with Crippen LogP contribution in [-0.2, 0) is 0 Å². The molecule has 0 aliphatic carbocycles. The zero-order chi connectivity index (χ0) is 7.86. The van der Waals surface area contributed by atoms with Gasteiger partial charge in [0.25, 0.3) is 0 Å². The highest BCUT2D eigenvalue weighted by molar-refractivity contribution is 4.35. The van der Waals surface area contributed by atoms with E-state index in [9.17, 15) is 0 Å². The summed E-state index contributed by atoms with van der Waals surface area (Å²) >= 11 is 0. The summed E-state index contributed by atoms with van der Waals surface area (Å²) in [6, 6.07) is 0. The normalized spacial score (nSPS) is 12.3. The summed E-state index contributed by atoms with van der Waals surface area (Å²) in [7, 11) is 3.65. The molecule has 0 aromatic rings. The van der Waals surface area contributed by atoms with Gasteiger partial charge in [-0.05, 0) is 27.9 Å². The van der Waals surface area contributed by atoms with Gasteiger partial charge in [-0.1, -0.05) is 0 Å². The second-order valence-corrected chi connectivity index (χ2v) is 1.91. The monoisotopic (exact) mass is 135 g/mol. The predicted molar refractivity (Wildman–Crippen MR) is 38.1 cm³/mol. The number of nitrogens with zero attached hydrogens (tertiary/aromatic N) is 1. The maximum Gasteiger partial charge on any atom is 0.104 e. The van der Waals surface area contributed by atoms with Crippen molar-refractivity contribution in [3.05, 3.63) is 0 Å². The fourth-order valence-corrected chi connectivity index (χ4v) is 0. The highest BCUT2D eigenvalue weighted by Crippen LogP contribution is 1.79. The molecule has 0 spiro atoms. The first-order valence-corrected chi connectivity index (χ1v) is 3.01. The molecule has 0 saturated heterocycles. The van der Waals surface area contributed by atoms with E-state index in [1.807, 2.05) is 14.1 Å². The lowest BCUT2D eigenvalue weighted by Crippen LogP contribution is -2.23. The van der Waals surface area contributed by atoms with Crippen molar-refractivity contribution < 1.29 is 10.2 Å². The van der Waals surface area contributed by atoms with Gasteiger partial charge in [0.15, 0.2) is 0 Å². The number of rotatable bonds is 1. The average Bonchev–Trinajstić information content (AvgIpc) is 1.68. The van der Waals surface area contributed by atoms with Gasteiger partial charge >= 0.3 is 0 Å². The first-order chi connectivity index (χ1) is 4.06. The molecule has 58 valence electrons. The van der Waals surface area contributed by atoms with Gasteiger partial charge in [-0.3, -0.25) is 4.90 Å². The minimum Gasteiger partial charge on any atom is -0.397 e. The van der Waals surface area contributed by atoms with Crippen molar-refractivity contribution >= 4 is 0 Å². The maximum absolute atomic E-state index is 8.56. The Labute approximate surface area is 56.9 Å². The van der Waals surface area contributed by atoms with Gasteiger partial charge < -0.3 is 10.2 Å². The first-order valence-electron chi connectivity index (χ1n) is 3.01. The summed E-state index contributed by atoms with van der Waals surface area (Å²) < 4.78 is 0. The number of hydrogen-bond donors (Lipinski definition) is 2.